The molecule has 0 aliphatic carbocycles. The predicted molar refractivity (Wildman–Crippen MR) is 78.5 cm³/mol. The van der Waals surface area contributed by atoms with E-state index in [1.807, 2.05) is 52.1 Å². The Morgan fingerprint density at radius 3 is 2.53 bits per heavy atom. The maximum Gasteiger partial charge on any atom is 0.270 e. The van der Waals surface area contributed by atoms with Gasteiger partial charge in [0.05, 0.1) is 5.52 Å². The lowest BCUT2D eigenvalue weighted by Gasteiger charge is -2.20. The van der Waals surface area contributed by atoms with E-state index in [2.05, 4.69) is 15.6 Å². The zero-order valence-corrected chi connectivity index (χ0v) is 11.7. The molecule has 100 valence electrons. The van der Waals surface area contributed by atoms with Gasteiger partial charge < -0.3 is 10.6 Å². The summed E-state index contributed by atoms with van der Waals surface area (Å²) in [5.41, 5.74) is 1.88. The molecular formula is C15H19N3O. The molecule has 0 radical (unpaired) electrons. The summed E-state index contributed by atoms with van der Waals surface area (Å²) in [6, 6.07) is 9.55. The zero-order valence-electron chi connectivity index (χ0n) is 11.7. The highest BCUT2D eigenvalue weighted by Gasteiger charge is 2.17. The van der Waals surface area contributed by atoms with Crippen LogP contribution in [0, 0.1) is 0 Å². The minimum absolute atomic E-state index is 0.158. The van der Waals surface area contributed by atoms with E-state index in [1.54, 1.807) is 6.07 Å². The highest BCUT2D eigenvalue weighted by Crippen LogP contribution is 2.22. The molecule has 4 heteroatoms. The molecule has 0 unspecified atom stereocenters. The van der Waals surface area contributed by atoms with Gasteiger partial charge in [-0.15, -0.1) is 0 Å². The van der Waals surface area contributed by atoms with Gasteiger partial charge in [0.15, 0.2) is 0 Å². The highest BCUT2D eigenvalue weighted by molar-refractivity contribution is 5.99. The van der Waals surface area contributed by atoms with E-state index in [0.29, 0.717) is 5.69 Å². The smallest absolute Gasteiger partial charge is 0.270 e. The molecular weight excluding hydrogens is 238 g/mol. The van der Waals surface area contributed by atoms with Crippen molar-refractivity contribution in [3.05, 3.63) is 36.0 Å². The molecule has 2 N–H and O–H groups in total. The topological polar surface area (TPSA) is 54.0 Å². The van der Waals surface area contributed by atoms with E-state index in [0.717, 1.165) is 16.6 Å². The van der Waals surface area contributed by atoms with E-state index in [9.17, 15) is 4.79 Å². The molecule has 1 aromatic heterocycles. The third-order valence-electron chi connectivity index (χ3n) is 2.71. The Morgan fingerprint density at radius 1 is 1.21 bits per heavy atom. The molecule has 0 aliphatic rings. The summed E-state index contributed by atoms with van der Waals surface area (Å²) in [6.45, 7) is 5.85. The molecule has 4 nitrogen and oxygen atoms in total. The molecule has 2 aromatic rings. The molecule has 1 heterocycles. The third-order valence-corrected chi connectivity index (χ3v) is 2.71. The maximum absolute atomic E-state index is 12.2. The van der Waals surface area contributed by atoms with Gasteiger partial charge in [-0.3, -0.25) is 4.79 Å². The normalized spacial score (nSPS) is 11.4. The van der Waals surface area contributed by atoms with Crippen molar-refractivity contribution in [2.24, 2.45) is 0 Å². The van der Waals surface area contributed by atoms with Gasteiger partial charge in [0.2, 0.25) is 0 Å². The SMILES string of the molecule is CNc1cc(C(=O)NC(C)(C)C)nc2ccccc12. The van der Waals surface area contributed by atoms with E-state index in [-0.39, 0.29) is 11.4 Å². The van der Waals surface area contributed by atoms with Crippen molar-refractivity contribution in [3.63, 3.8) is 0 Å². The molecule has 1 amide bonds. The Labute approximate surface area is 113 Å². The molecule has 0 fully saturated rings. The lowest BCUT2D eigenvalue weighted by Crippen LogP contribution is -2.40. The quantitative estimate of drug-likeness (QED) is 0.869. The number of nitrogens with one attached hydrogen (secondary N) is 2. The number of para-hydroxylation sites is 1. The molecule has 1 aromatic carbocycles. The second-order valence-corrected chi connectivity index (χ2v) is 5.53. The largest absolute Gasteiger partial charge is 0.388 e. The van der Waals surface area contributed by atoms with Gasteiger partial charge in [0.25, 0.3) is 5.91 Å². The van der Waals surface area contributed by atoms with Gasteiger partial charge in [0.1, 0.15) is 5.69 Å². The number of hydrogen-bond acceptors (Lipinski definition) is 3. The molecule has 0 saturated heterocycles. The standard InChI is InChI=1S/C15H19N3O/c1-15(2,3)18-14(19)13-9-12(16-4)10-7-5-6-8-11(10)17-13/h5-9H,1-4H3,(H,16,17)(H,18,19). The van der Waals surface area contributed by atoms with Crippen LogP contribution < -0.4 is 10.6 Å². The maximum atomic E-state index is 12.2. The number of nitrogens with zero attached hydrogens (tertiary/aromatic N) is 1. The van der Waals surface area contributed by atoms with Crippen molar-refractivity contribution in [3.8, 4) is 0 Å². The lowest BCUT2D eigenvalue weighted by atomic mass is 10.1. The summed E-state index contributed by atoms with van der Waals surface area (Å²) in [4.78, 5) is 16.6. The Hall–Kier alpha value is -2.10. The summed E-state index contributed by atoms with van der Waals surface area (Å²) < 4.78 is 0. The average molecular weight is 257 g/mol. The van der Waals surface area contributed by atoms with E-state index < -0.39 is 0 Å². The van der Waals surface area contributed by atoms with Crippen LogP contribution in [0.5, 0.6) is 0 Å². The molecule has 0 atom stereocenters. The first-order valence-corrected chi connectivity index (χ1v) is 6.31. The number of carbonyl (C=O) groups excluding carboxylic acids is 1. The van der Waals surface area contributed by atoms with Crippen LogP contribution in [-0.2, 0) is 0 Å². The molecule has 0 spiro atoms. The highest BCUT2D eigenvalue weighted by atomic mass is 16.2. The fourth-order valence-corrected chi connectivity index (χ4v) is 1.90. The minimum atomic E-state index is -0.274. The Morgan fingerprint density at radius 2 is 1.89 bits per heavy atom. The van der Waals surface area contributed by atoms with Crippen LogP contribution in [0.2, 0.25) is 0 Å². The summed E-state index contributed by atoms with van der Waals surface area (Å²) in [7, 11) is 1.84. The predicted octanol–water partition coefficient (Wildman–Crippen LogP) is 2.80. The summed E-state index contributed by atoms with van der Waals surface area (Å²) in [5.74, 6) is -0.158. The third kappa shape index (κ3) is 3.02. The van der Waals surface area contributed by atoms with Crippen molar-refractivity contribution < 1.29 is 4.79 Å². The van der Waals surface area contributed by atoms with Crippen molar-refractivity contribution in [2.45, 2.75) is 26.3 Å². The van der Waals surface area contributed by atoms with Crippen LogP contribution in [0.3, 0.4) is 0 Å². The first-order valence-electron chi connectivity index (χ1n) is 6.31. The fraction of sp³-hybridized carbons (Fsp3) is 0.333. The van der Waals surface area contributed by atoms with Crippen LogP contribution >= 0.6 is 0 Å². The summed E-state index contributed by atoms with van der Waals surface area (Å²) in [5, 5.41) is 7.04. The second kappa shape index (κ2) is 4.88. The van der Waals surface area contributed by atoms with Crippen molar-refractivity contribution in [1.29, 1.82) is 0 Å². The van der Waals surface area contributed by atoms with E-state index in [1.165, 1.54) is 0 Å². The number of benzene rings is 1. The Bertz CT molecular complexity index is 614. The second-order valence-electron chi connectivity index (χ2n) is 5.53. The summed E-state index contributed by atoms with van der Waals surface area (Å²) >= 11 is 0. The molecule has 0 bridgehead atoms. The molecule has 19 heavy (non-hydrogen) atoms. The first kappa shape index (κ1) is 13.3. The van der Waals surface area contributed by atoms with Gasteiger partial charge in [-0.2, -0.15) is 0 Å². The van der Waals surface area contributed by atoms with Gasteiger partial charge in [-0.25, -0.2) is 4.98 Å². The number of rotatable bonds is 2. The van der Waals surface area contributed by atoms with Crippen LogP contribution in [-0.4, -0.2) is 23.5 Å². The monoisotopic (exact) mass is 257 g/mol. The first-order chi connectivity index (χ1) is 8.90. The van der Waals surface area contributed by atoms with Crippen LogP contribution in [0.15, 0.2) is 30.3 Å². The number of carbonyl (C=O) groups is 1. The van der Waals surface area contributed by atoms with Crippen LogP contribution in [0.1, 0.15) is 31.3 Å². The van der Waals surface area contributed by atoms with Crippen molar-refractivity contribution >= 4 is 22.5 Å². The molecule has 0 aliphatic heterocycles. The number of anilines is 1. The number of amides is 1. The Kier molecular flexibility index (Phi) is 3.42. The van der Waals surface area contributed by atoms with E-state index in [4.69, 9.17) is 0 Å². The zero-order chi connectivity index (χ0) is 14.0. The van der Waals surface area contributed by atoms with Crippen LogP contribution in [0.25, 0.3) is 10.9 Å². The Balaban J connectivity index is 2.47. The lowest BCUT2D eigenvalue weighted by molar-refractivity contribution is 0.0915. The fourth-order valence-electron chi connectivity index (χ4n) is 1.90. The number of pyridine rings is 1. The van der Waals surface area contributed by atoms with Gasteiger partial charge >= 0.3 is 0 Å². The van der Waals surface area contributed by atoms with Gasteiger partial charge in [-0.1, -0.05) is 18.2 Å². The minimum Gasteiger partial charge on any atom is -0.388 e. The van der Waals surface area contributed by atoms with Gasteiger partial charge in [0, 0.05) is 23.7 Å². The average Bonchev–Trinajstić information content (AvgIpc) is 2.35. The number of fused-ring (bicyclic) bond motifs is 1. The molecule has 2 rings (SSSR count). The summed E-state index contributed by atoms with van der Waals surface area (Å²) in [6.07, 6.45) is 0. The number of aromatic nitrogens is 1. The van der Waals surface area contributed by atoms with Gasteiger partial charge in [-0.05, 0) is 32.9 Å². The number of hydrogen-bond donors (Lipinski definition) is 2. The van der Waals surface area contributed by atoms with Crippen molar-refractivity contribution in [2.75, 3.05) is 12.4 Å². The van der Waals surface area contributed by atoms with E-state index >= 15 is 0 Å². The molecule has 0 saturated carbocycles. The van der Waals surface area contributed by atoms with Crippen LogP contribution in [0.4, 0.5) is 5.69 Å². The van der Waals surface area contributed by atoms with Crippen molar-refractivity contribution in [1.82, 2.24) is 10.3 Å².